The summed E-state index contributed by atoms with van der Waals surface area (Å²) in [7, 11) is -3.27. The third kappa shape index (κ3) is 5.91. The number of halogens is 1. The van der Waals surface area contributed by atoms with Crippen LogP contribution in [0, 0.1) is 5.82 Å². The van der Waals surface area contributed by atoms with Gasteiger partial charge < -0.3 is 10.2 Å². The summed E-state index contributed by atoms with van der Waals surface area (Å²) >= 11 is 0. The van der Waals surface area contributed by atoms with Gasteiger partial charge in [0.15, 0.2) is 0 Å². The number of amides is 2. The normalized spacial score (nSPS) is 26.1. The standard InChI is InChI=1S/C20H30FN3O3S/c1-28(26,27)22-14-19-4-2-3-13-24(19)20(25)23-18-11-7-16(8-12-18)15-5-9-17(21)10-6-15/h5-6,9-10,16,18-19,22H,2-4,7-8,11-14H2,1H3,(H,23,25). The number of benzene rings is 1. The Bertz CT molecular complexity index is 761. The average Bonchev–Trinajstić information content (AvgIpc) is 2.67. The summed E-state index contributed by atoms with van der Waals surface area (Å²) in [6, 6.07) is 6.66. The van der Waals surface area contributed by atoms with Crippen LogP contribution in [0.4, 0.5) is 9.18 Å². The van der Waals surface area contributed by atoms with E-state index < -0.39 is 10.0 Å². The zero-order valence-electron chi connectivity index (χ0n) is 16.4. The van der Waals surface area contributed by atoms with Gasteiger partial charge in [-0.05, 0) is 68.6 Å². The van der Waals surface area contributed by atoms with Crippen LogP contribution in [0.3, 0.4) is 0 Å². The second-order valence-corrected chi connectivity index (χ2v) is 9.85. The number of sulfonamides is 1. The molecule has 1 aliphatic carbocycles. The van der Waals surface area contributed by atoms with Crippen LogP contribution in [0.5, 0.6) is 0 Å². The Kier molecular flexibility index (Phi) is 6.93. The number of hydrogen-bond donors (Lipinski definition) is 2. The predicted octanol–water partition coefficient (Wildman–Crippen LogP) is 2.97. The average molecular weight is 412 g/mol. The summed E-state index contributed by atoms with van der Waals surface area (Å²) in [5, 5.41) is 3.15. The smallest absolute Gasteiger partial charge is 0.317 e. The molecule has 1 aliphatic heterocycles. The molecule has 0 bridgehead atoms. The molecule has 3 rings (SSSR count). The molecule has 0 radical (unpaired) electrons. The van der Waals surface area contributed by atoms with Crippen molar-refractivity contribution in [1.82, 2.24) is 14.9 Å². The fraction of sp³-hybridized carbons (Fsp3) is 0.650. The van der Waals surface area contributed by atoms with Gasteiger partial charge in [-0.3, -0.25) is 0 Å². The van der Waals surface area contributed by atoms with Crippen LogP contribution in [-0.2, 0) is 10.0 Å². The van der Waals surface area contributed by atoms with Gasteiger partial charge in [0.1, 0.15) is 5.82 Å². The largest absolute Gasteiger partial charge is 0.335 e. The van der Waals surface area contributed by atoms with Gasteiger partial charge in [-0.25, -0.2) is 22.3 Å². The number of carbonyl (C=O) groups is 1. The van der Waals surface area contributed by atoms with Crippen molar-refractivity contribution in [3.8, 4) is 0 Å². The van der Waals surface area contributed by atoms with E-state index in [1.54, 1.807) is 4.90 Å². The van der Waals surface area contributed by atoms with Crippen LogP contribution in [0.15, 0.2) is 24.3 Å². The van der Waals surface area contributed by atoms with Crippen molar-refractivity contribution in [2.45, 2.75) is 62.9 Å². The van der Waals surface area contributed by atoms with Crippen LogP contribution in [-0.4, -0.2) is 50.8 Å². The van der Waals surface area contributed by atoms with Gasteiger partial charge in [0.25, 0.3) is 0 Å². The quantitative estimate of drug-likeness (QED) is 0.782. The molecule has 2 N–H and O–H groups in total. The number of nitrogens with one attached hydrogen (secondary N) is 2. The van der Waals surface area contributed by atoms with Crippen LogP contribution in [0.1, 0.15) is 56.4 Å². The molecule has 1 heterocycles. The minimum absolute atomic E-state index is 0.0924. The first kappa shape index (κ1) is 21.0. The summed E-state index contributed by atoms with van der Waals surface area (Å²) in [4.78, 5) is 14.6. The van der Waals surface area contributed by atoms with Crippen LogP contribution in [0.25, 0.3) is 0 Å². The topological polar surface area (TPSA) is 78.5 Å². The maximum absolute atomic E-state index is 13.1. The molecule has 1 aromatic rings. The van der Waals surface area contributed by atoms with Crippen molar-refractivity contribution in [2.75, 3.05) is 19.3 Å². The molecule has 2 fully saturated rings. The van der Waals surface area contributed by atoms with Gasteiger partial charge >= 0.3 is 6.03 Å². The van der Waals surface area contributed by atoms with Crippen molar-refractivity contribution >= 4 is 16.1 Å². The Morgan fingerprint density at radius 1 is 1.11 bits per heavy atom. The number of hydrogen-bond acceptors (Lipinski definition) is 3. The van der Waals surface area contributed by atoms with Crippen molar-refractivity contribution in [1.29, 1.82) is 0 Å². The molecule has 2 aliphatic rings. The highest BCUT2D eigenvalue weighted by Crippen LogP contribution is 2.33. The second kappa shape index (κ2) is 9.22. The highest BCUT2D eigenvalue weighted by molar-refractivity contribution is 7.88. The van der Waals surface area contributed by atoms with E-state index >= 15 is 0 Å². The first-order valence-corrected chi connectivity index (χ1v) is 12.0. The van der Waals surface area contributed by atoms with Gasteiger partial charge in [0.05, 0.1) is 6.26 Å². The molecule has 0 spiro atoms. The zero-order chi connectivity index (χ0) is 20.1. The minimum Gasteiger partial charge on any atom is -0.335 e. The fourth-order valence-corrected chi connectivity index (χ4v) is 4.79. The molecule has 1 atom stereocenters. The van der Waals surface area contributed by atoms with E-state index in [1.165, 1.54) is 12.1 Å². The van der Waals surface area contributed by atoms with E-state index in [0.29, 0.717) is 12.5 Å². The third-order valence-corrected chi connectivity index (χ3v) is 6.56. The molecule has 0 aromatic heterocycles. The fourth-order valence-electron chi connectivity index (χ4n) is 4.29. The van der Waals surface area contributed by atoms with E-state index in [0.717, 1.165) is 56.8 Å². The monoisotopic (exact) mass is 411 g/mol. The number of nitrogens with zero attached hydrogens (tertiary/aromatic N) is 1. The van der Waals surface area contributed by atoms with Crippen molar-refractivity contribution < 1.29 is 17.6 Å². The lowest BCUT2D eigenvalue weighted by Gasteiger charge is -2.38. The Balaban J connectivity index is 1.50. The van der Waals surface area contributed by atoms with E-state index in [-0.39, 0.29) is 30.5 Å². The van der Waals surface area contributed by atoms with Gasteiger partial charge in [0, 0.05) is 25.2 Å². The number of likely N-dealkylation sites (tertiary alicyclic amines) is 1. The van der Waals surface area contributed by atoms with E-state index in [4.69, 9.17) is 0 Å². The second-order valence-electron chi connectivity index (χ2n) is 8.01. The van der Waals surface area contributed by atoms with Crippen LogP contribution in [0.2, 0.25) is 0 Å². The van der Waals surface area contributed by atoms with Crippen molar-refractivity contribution in [3.05, 3.63) is 35.6 Å². The summed E-state index contributed by atoms with van der Waals surface area (Å²) < 4.78 is 38.4. The molecule has 28 heavy (non-hydrogen) atoms. The summed E-state index contributed by atoms with van der Waals surface area (Å²) in [6.07, 6.45) is 7.63. The third-order valence-electron chi connectivity index (χ3n) is 5.87. The molecule has 1 aromatic carbocycles. The minimum atomic E-state index is -3.27. The van der Waals surface area contributed by atoms with E-state index in [1.807, 2.05) is 12.1 Å². The van der Waals surface area contributed by atoms with Crippen LogP contribution >= 0.6 is 0 Å². The first-order chi connectivity index (χ1) is 13.3. The molecule has 1 unspecified atom stereocenters. The van der Waals surface area contributed by atoms with Gasteiger partial charge in [0.2, 0.25) is 10.0 Å². The lowest BCUT2D eigenvalue weighted by molar-refractivity contribution is 0.146. The lowest BCUT2D eigenvalue weighted by Crippen LogP contribution is -2.54. The predicted molar refractivity (Wildman–Crippen MR) is 107 cm³/mol. The maximum Gasteiger partial charge on any atom is 0.317 e. The molecule has 8 heteroatoms. The van der Waals surface area contributed by atoms with E-state index in [9.17, 15) is 17.6 Å². The van der Waals surface area contributed by atoms with Gasteiger partial charge in [-0.15, -0.1) is 0 Å². The molecule has 1 saturated heterocycles. The first-order valence-electron chi connectivity index (χ1n) is 10.1. The molecular weight excluding hydrogens is 381 g/mol. The Morgan fingerprint density at radius 2 is 1.79 bits per heavy atom. The van der Waals surface area contributed by atoms with E-state index in [2.05, 4.69) is 10.0 Å². The number of piperidine rings is 1. The van der Waals surface area contributed by atoms with Crippen molar-refractivity contribution in [2.24, 2.45) is 0 Å². The number of rotatable bonds is 5. The van der Waals surface area contributed by atoms with Crippen LogP contribution < -0.4 is 10.0 Å². The molecule has 1 saturated carbocycles. The Hall–Kier alpha value is -1.67. The summed E-state index contributed by atoms with van der Waals surface area (Å²) in [5.74, 6) is 0.196. The summed E-state index contributed by atoms with van der Waals surface area (Å²) in [5.41, 5.74) is 1.16. The lowest BCUT2D eigenvalue weighted by atomic mass is 9.82. The maximum atomic E-state index is 13.1. The Labute approximate surface area is 166 Å². The SMILES string of the molecule is CS(=O)(=O)NCC1CCCCN1C(=O)NC1CCC(c2ccc(F)cc2)CC1. The molecule has 6 nitrogen and oxygen atoms in total. The highest BCUT2D eigenvalue weighted by Gasteiger charge is 2.30. The van der Waals surface area contributed by atoms with Gasteiger partial charge in [-0.2, -0.15) is 0 Å². The van der Waals surface area contributed by atoms with Gasteiger partial charge in [-0.1, -0.05) is 12.1 Å². The number of urea groups is 1. The number of carbonyl (C=O) groups excluding carboxylic acids is 1. The molecule has 156 valence electrons. The highest BCUT2D eigenvalue weighted by atomic mass is 32.2. The Morgan fingerprint density at radius 3 is 2.43 bits per heavy atom. The zero-order valence-corrected chi connectivity index (χ0v) is 17.2. The molecule has 2 amide bonds. The summed E-state index contributed by atoms with van der Waals surface area (Å²) in [6.45, 7) is 0.927. The van der Waals surface area contributed by atoms with Crippen molar-refractivity contribution in [3.63, 3.8) is 0 Å². The molecular formula is C20H30FN3O3S.